The molecular formula is C9H4ClF3N3. The first-order valence-corrected chi connectivity index (χ1v) is 4.52. The van der Waals surface area contributed by atoms with Gasteiger partial charge in [0.1, 0.15) is 0 Å². The van der Waals surface area contributed by atoms with E-state index in [-0.39, 0.29) is 10.8 Å². The van der Waals surface area contributed by atoms with Crippen molar-refractivity contribution in [3.05, 3.63) is 41.3 Å². The van der Waals surface area contributed by atoms with Gasteiger partial charge in [0, 0.05) is 6.20 Å². The van der Waals surface area contributed by atoms with Gasteiger partial charge < -0.3 is 0 Å². The highest BCUT2D eigenvalue weighted by atomic mass is 35.5. The third-order valence-electron chi connectivity index (χ3n) is 1.76. The SMILES string of the molecule is FC(F)(F)c1c[c]n(-c2ncccc2Cl)n1. The Morgan fingerprint density at radius 2 is 2.12 bits per heavy atom. The summed E-state index contributed by atoms with van der Waals surface area (Å²) in [6.07, 6.45) is -0.782. The zero-order chi connectivity index (χ0) is 11.8. The van der Waals surface area contributed by atoms with Gasteiger partial charge in [-0.2, -0.15) is 18.3 Å². The monoisotopic (exact) mass is 246 g/mol. The van der Waals surface area contributed by atoms with Crippen molar-refractivity contribution in [3.8, 4) is 5.82 Å². The summed E-state index contributed by atoms with van der Waals surface area (Å²) in [6, 6.07) is 3.82. The Bertz CT molecular complexity index is 507. The van der Waals surface area contributed by atoms with Crippen LogP contribution < -0.4 is 0 Å². The van der Waals surface area contributed by atoms with Crippen molar-refractivity contribution < 1.29 is 13.2 Å². The molecule has 2 rings (SSSR count). The topological polar surface area (TPSA) is 30.7 Å². The molecule has 0 saturated heterocycles. The molecule has 0 aromatic carbocycles. The van der Waals surface area contributed by atoms with Crippen molar-refractivity contribution in [2.24, 2.45) is 0 Å². The lowest BCUT2D eigenvalue weighted by atomic mass is 10.4. The van der Waals surface area contributed by atoms with Crippen molar-refractivity contribution in [2.75, 3.05) is 0 Å². The third kappa shape index (κ3) is 2.01. The van der Waals surface area contributed by atoms with Gasteiger partial charge in [-0.1, -0.05) is 11.6 Å². The predicted octanol–water partition coefficient (Wildman–Crippen LogP) is 2.74. The Hall–Kier alpha value is -1.56. The van der Waals surface area contributed by atoms with Crippen molar-refractivity contribution >= 4 is 11.6 Å². The minimum absolute atomic E-state index is 0.111. The highest BCUT2D eigenvalue weighted by molar-refractivity contribution is 6.32. The number of nitrogens with zero attached hydrogens (tertiary/aromatic N) is 3. The lowest BCUT2D eigenvalue weighted by molar-refractivity contribution is -0.141. The Morgan fingerprint density at radius 3 is 2.69 bits per heavy atom. The molecule has 2 aromatic heterocycles. The van der Waals surface area contributed by atoms with Gasteiger partial charge in [0.25, 0.3) is 0 Å². The first kappa shape index (κ1) is 10.9. The number of halogens is 4. The predicted molar refractivity (Wildman–Crippen MR) is 50.2 cm³/mol. The molecule has 0 aliphatic heterocycles. The number of hydrogen-bond donors (Lipinski definition) is 0. The lowest BCUT2D eigenvalue weighted by Gasteiger charge is -2.02. The van der Waals surface area contributed by atoms with Gasteiger partial charge in [-0.25, -0.2) is 9.67 Å². The molecule has 0 bridgehead atoms. The van der Waals surface area contributed by atoms with Gasteiger partial charge >= 0.3 is 6.18 Å². The van der Waals surface area contributed by atoms with Crippen LogP contribution in [0.4, 0.5) is 13.2 Å². The number of alkyl halides is 3. The Morgan fingerprint density at radius 1 is 1.38 bits per heavy atom. The van der Waals surface area contributed by atoms with E-state index in [0.717, 1.165) is 10.7 Å². The van der Waals surface area contributed by atoms with Crippen LogP contribution in [0.25, 0.3) is 5.82 Å². The normalized spacial score (nSPS) is 11.8. The number of rotatable bonds is 1. The molecule has 0 spiro atoms. The fourth-order valence-corrected chi connectivity index (χ4v) is 1.27. The minimum atomic E-state index is -4.50. The third-order valence-corrected chi connectivity index (χ3v) is 2.06. The lowest BCUT2D eigenvalue weighted by Crippen LogP contribution is -2.08. The molecule has 0 aliphatic rings. The molecule has 16 heavy (non-hydrogen) atoms. The second-order valence-electron chi connectivity index (χ2n) is 2.88. The van der Waals surface area contributed by atoms with Gasteiger partial charge in [-0.15, -0.1) is 0 Å². The van der Waals surface area contributed by atoms with Crippen molar-refractivity contribution in [2.45, 2.75) is 6.18 Å². The van der Waals surface area contributed by atoms with Crippen LogP contribution in [0.1, 0.15) is 5.69 Å². The Balaban J connectivity index is 2.44. The van der Waals surface area contributed by atoms with E-state index in [1.165, 1.54) is 12.3 Å². The minimum Gasteiger partial charge on any atom is -0.236 e. The smallest absolute Gasteiger partial charge is 0.236 e. The molecule has 0 atom stereocenters. The van der Waals surface area contributed by atoms with E-state index in [1.807, 2.05) is 0 Å². The van der Waals surface area contributed by atoms with Crippen molar-refractivity contribution in [1.29, 1.82) is 0 Å². The molecule has 0 amide bonds. The molecule has 0 unspecified atom stereocenters. The molecule has 0 N–H and O–H groups in total. The van der Waals surface area contributed by atoms with Crippen LogP contribution >= 0.6 is 11.6 Å². The number of pyridine rings is 1. The van der Waals surface area contributed by atoms with Crippen LogP contribution in [0.2, 0.25) is 5.02 Å². The highest BCUT2D eigenvalue weighted by Gasteiger charge is 2.34. The average Bonchev–Trinajstić information content (AvgIpc) is 2.66. The zero-order valence-corrected chi connectivity index (χ0v) is 8.42. The molecule has 1 radical (unpaired) electrons. The second kappa shape index (κ2) is 3.79. The summed E-state index contributed by atoms with van der Waals surface area (Å²) in [5, 5.41) is 3.51. The van der Waals surface area contributed by atoms with Crippen molar-refractivity contribution in [3.63, 3.8) is 0 Å². The van der Waals surface area contributed by atoms with E-state index in [2.05, 4.69) is 16.3 Å². The highest BCUT2D eigenvalue weighted by Crippen LogP contribution is 2.28. The number of hydrogen-bond acceptors (Lipinski definition) is 2. The largest absolute Gasteiger partial charge is 0.435 e. The van der Waals surface area contributed by atoms with Gasteiger partial charge in [0.15, 0.2) is 11.5 Å². The maximum atomic E-state index is 12.3. The summed E-state index contributed by atoms with van der Waals surface area (Å²) in [7, 11) is 0. The molecule has 3 nitrogen and oxygen atoms in total. The second-order valence-corrected chi connectivity index (χ2v) is 3.28. The van der Waals surface area contributed by atoms with E-state index in [1.54, 1.807) is 6.07 Å². The van der Waals surface area contributed by atoms with Gasteiger partial charge in [-0.3, -0.25) is 0 Å². The van der Waals surface area contributed by atoms with Crippen LogP contribution in [-0.4, -0.2) is 14.8 Å². The van der Waals surface area contributed by atoms with E-state index < -0.39 is 11.9 Å². The maximum Gasteiger partial charge on any atom is 0.435 e. The molecule has 83 valence electrons. The standard InChI is InChI=1S/C9H4ClF3N3/c10-6-2-1-4-14-8(6)16-5-3-7(15-16)9(11,12)13/h1-4H. The molecule has 0 fully saturated rings. The van der Waals surface area contributed by atoms with E-state index >= 15 is 0 Å². The zero-order valence-electron chi connectivity index (χ0n) is 7.66. The van der Waals surface area contributed by atoms with Gasteiger partial charge in [0.2, 0.25) is 0 Å². The van der Waals surface area contributed by atoms with E-state index in [9.17, 15) is 13.2 Å². The molecule has 0 saturated carbocycles. The first-order chi connectivity index (χ1) is 7.48. The first-order valence-electron chi connectivity index (χ1n) is 4.14. The van der Waals surface area contributed by atoms with Crippen LogP contribution in [0.3, 0.4) is 0 Å². The van der Waals surface area contributed by atoms with Gasteiger partial charge in [-0.05, 0) is 18.2 Å². The summed E-state index contributed by atoms with van der Waals surface area (Å²) in [5.74, 6) is 0.111. The maximum absolute atomic E-state index is 12.3. The van der Waals surface area contributed by atoms with Gasteiger partial charge in [0.05, 0.1) is 11.2 Å². The molecule has 2 aromatic rings. The summed E-state index contributed by atoms with van der Waals surface area (Å²) in [4.78, 5) is 3.81. The fraction of sp³-hybridized carbons (Fsp3) is 0.111. The Kier molecular flexibility index (Phi) is 2.59. The van der Waals surface area contributed by atoms with E-state index in [0.29, 0.717) is 0 Å². The summed E-state index contributed by atoms with van der Waals surface area (Å²) in [5.41, 5.74) is -1.03. The van der Waals surface area contributed by atoms with Crippen LogP contribution in [0, 0.1) is 6.20 Å². The quantitative estimate of drug-likeness (QED) is 0.775. The molecule has 7 heteroatoms. The van der Waals surface area contributed by atoms with Crippen LogP contribution in [-0.2, 0) is 6.18 Å². The Labute approximate surface area is 93.5 Å². The summed E-state index contributed by atoms with van der Waals surface area (Å²) < 4.78 is 37.7. The summed E-state index contributed by atoms with van der Waals surface area (Å²) >= 11 is 5.76. The molecule has 2 heterocycles. The average molecular weight is 247 g/mol. The van der Waals surface area contributed by atoms with Crippen LogP contribution in [0.5, 0.6) is 0 Å². The molecular weight excluding hydrogens is 243 g/mol. The van der Waals surface area contributed by atoms with Crippen LogP contribution in [0.15, 0.2) is 24.4 Å². The van der Waals surface area contributed by atoms with E-state index in [4.69, 9.17) is 11.6 Å². The number of aromatic nitrogens is 3. The summed E-state index contributed by atoms with van der Waals surface area (Å²) in [6.45, 7) is 0. The molecule has 0 aliphatic carbocycles. The van der Waals surface area contributed by atoms with Crippen molar-refractivity contribution in [1.82, 2.24) is 14.8 Å². The fourth-order valence-electron chi connectivity index (χ4n) is 1.07.